The van der Waals surface area contributed by atoms with Gasteiger partial charge in [-0.05, 0) is 108 Å². The molecule has 0 aliphatic carbocycles. The lowest BCUT2D eigenvalue weighted by molar-refractivity contribution is -0.312. The Hall–Kier alpha value is -6.28. The number of rotatable bonds is 24. The summed E-state index contributed by atoms with van der Waals surface area (Å²) in [6.07, 6.45) is 1.08. The van der Waals surface area contributed by atoms with Crippen molar-refractivity contribution in [1.29, 1.82) is 0 Å². The fraction of sp³-hybridized carbons (Fsp3) is 0.509. The van der Waals surface area contributed by atoms with Crippen LogP contribution in [0.4, 0.5) is 26.3 Å². The minimum atomic E-state index is -5.97. The lowest BCUT2D eigenvalue weighted by Crippen LogP contribution is -2.62. The number of methoxy groups -OCH3 is 8. The van der Waals surface area contributed by atoms with Gasteiger partial charge in [0.05, 0.1) is 70.0 Å². The molecular formula is C53H66F6N4O10. The van der Waals surface area contributed by atoms with Gasteiger partial charge in [0.2, 0.25) is 11.8 Å². The van der Waals surface area contributed by atoms with E-state index < -0.39 is 55.5 Å². The largest absolute Gasteiger partial charge is 0.493 e. The number of carbonyl (C=O) groups excluding carboxylic acids is 2. The van der Waals surface area contributed by atoms with Crippen LogP contribution in [-0.2, 0) is 35.3 Å². The SMILES string of the molecule is COc1ccc(CC2c3cc(OC)c(OC)cc3CCN2CCC(=O)N(C)CC(F)(F)C(F)(F)C(F)(F)CN(C)C(=O)CCN2CCc3cc(OC)c(OC)cc3C2Cc2ccc(OC)c(OC)c2)cc1OC. The Morgan fingerprint density at radius 3 is 1.14 bits per heavy atom. The zero-order valence-corrected chi connectivity index (χ0v) is 43.1. The molecule has 0 fully saturated rings. The normalized spacial score (nSPS) is 16.2. The van der Waals surface area contributed by atoms with Crippen molar-refractivity contribution in [2.24, 2.45) is 0 Å². The molecule has 20 heteroatoms. The summed E-state index contributed by atoms with van der Waals surface area (Å²) >= 11 is 0. The van der Waals surface area contributed by atoms with Crippen LogP contribution in [0.1, 0.15) is 58.3 Å². The lowest BCUT2D eigenvalue weighted by Gasteiger charge is -2.39. The molecule has 0 saturated carbocycles. The summed E-state index contributed by atoms with van der Waals surface area (Å²) in [4.78, 5) is 31.5. The Balaban J connectivity index is 1.11. The summed E-state index contributed by atoms with van der Waals surface area (Å²) < 4.78 is 137. The second-order valence-electron chi connectivity index (χ2n) is 18.2. The minimum Gasteiger partial charge on any atom is -0.493 e. The number of ether oxygens (including phenoxy) is 8. The molecule has 0 bridgehead atoms. The van der Waals surface area contributed by atoms with Gasteiger partial charge in [0.25, 0.3) is 0 Å². The summed E-state index contributed by atoms with van der Waals surface area (Å²) in [6.45, 7) is -3.11. The molecule has 14 nitrogen and oxygen atoms in total. The molecule has 0 aromatic heterocycles. The van der Waals surface area contributed by atoms with Crippen molar-refractivity contribution in [3.63, 3.8) is 0 Å². The number of alkyl halides is 6. The molecule has 4 aromatic rings. The standard InChI is InChI=1S/C53H66F6N4O10/c1-60(49(64)17-21-62-19-15-35-27-45(70-7)47(72-9)29-37(35)39(62)23-33-11-13-41(66-3)43(25-33)68-5)31-51(54,55)53(58,59)52(56,57)32-61(2)50(65)18-22-63-20-16-36-28-46(71-8)48(73-10)30-38(36)40(63)24-34-12-14-42(67-4)44(26-34)69-6/h11-14,25-30,39-40H,15-24,31-32H2,1-10H3. The van der Waals surface area contributed by atoms with E-state index in [1.807, 2.05) is 58.3 Å². The van der Waals surface area contributed by atoms with E-state index in [2.05, 4.69) is 0 Å². The fourth-order valence-electron chi connectivity index (χ4n) is 9.73. The van der Waals surface area contributed by atoms with Crippen LogP contribution < -0.4 is 37.9 Å². The minimum absolute atomic E-state index is 0.0177. The van der Waals surface area contributed by atoms with E-state index in [0.717, 1.165) is 47.5 Å². The third kappa shape index (κ3) is 12.2. The summed E-state index contributed by atoms with van der Waals surface area (Å²) in [5.41, 5.74) is 5.36. The maximum atomic E-state index is 15.6. The summed E-state index contributed by atoms with van der Waals surface area (Å²) in [6, 6.07) is 17.6. The second kappa shape index (κ2) is 23.7. The molecule has 2 atom stereocenters. The van der Waals surface area contributed by atoms with E-state index in [0.29, 0.717) is 94.6 Å². The van der Waals surface area contributed by atoms with Crippen molar-refractivity contribution in [2.45, 2.75) is 68.4 Å². The maximum Gasteiger partial charge on any atom is 0.375 e. The van der Waals surface area contributed by atoms with E-state index in [4.69, 9.17) is 37.9 Å². The Morgan fingerprint density at radius 1 is 0.493 bits per heavy atom. The van der Waals surface area contributed by atoms with Gasteiger partial charge >= 0.3 is 17.8 Å². The van der Waals surface area contributed by atoms with Crippen LogP contribution >= 0.6 is 0 Å². The third-order valence-electron chi connectivity index (χ3n) is 13.8. The molecule has 6 rings (SSSR count). The van der Waals surface area contributed by atoms with Crippen LogP contribution in [0.2, 0.25) is 0 Å². The number of amides is 2. The first-order chi connectivity index (χ1) is 34.7. The molecule has 2 aliphatic rings. The highest BCUT2D eigenvalue weighted by Crippen LogP contribution is 2.47. The van der Waals surface area contributed by atoms with Gasteiger partial charge in [0.15, 0.2) is 46.0 Å². The number of halogens is 6. The Labute approximate surface area is 422 Å². The van der Waals surface area contributed by atoms with Crippen LogP contribution in [0.15, 0.2) is 60.7 Å². The quantitative estimate of drug-likeness (QED) is 0.0628. The number of hydrogen-bond donors (Lipinski definition) is 0. The first-order valence-corrected chi connectivity index (χ1v) is 23.7. The summed E-state index contributed by atoms with van der Waals surface area (Å²) in [5.74, 6) is -14.7. The summed E-state index contributed by atoms with van der Waals surface area (Å²) in [5, 5.41) is 0. The predicted octanol–water partition coefficient (Wildman–Crippen LogP) is 8.34. The molecule has 2 amide bonds. The Kier molecular flexibility index (Phi) is 18.2. The van der Waals surface area contributed by atoms with Crippen LogP contribution in [-0.4, -0.2) is 159 Å². The molecule has 2 unspecified atom stereocenters. The van der Waals surface area contributed by atoms with E-state index in [1.165, 1.54) is 56.9 Å². The van der Waals surface area contributed by atoms with E-state index in [-0.39, 0.29) is 25.2 Å². The topological polar surface area (TPSA) is 121 Å². The van der Waals surface area contributed by atoms with Crippen molar-refractivity contribution in [2.75, 3.05) is 110 Å². The monoisotopic (exact) mass is 1030 g/mol. The Bertz CT molecular complexity index is 2400. The van der Waals surface area contributed by atoms with E-state index in [9.17, 15) is 9.59 Å². The van der Waals surface area contributed by atoms with Gasteiger partial charge in [0.1, 0.15) is 0 Å². The molecule has 73 heavy (non-hydrogen) atoms. The van der Waals surface area contributed by atoms with E-state index in [1.54, 1.807) is 12.1 Å². The number of carbonyl (C=O) groups is 2. The number of hydrogen-bond acceptors (Lipinski definition) is 12. The number of fused-ring (bicyclic) bond motifs is 2. The van der Waals surface area contributed by atoms with Gasteiger partial charge in [-0.15, -0.1) is 0 Å². The molecule has 400 valence electrons. The van der Waals surface area contributed by atoms with Crippen molar-refractivity contribution in [1.82, 2.24) is 19.6 Å². The van der Waals surface area contributed by atoms with Crippen molar-refractivity contribution >= 4 is 11.8 Å². The van der Waals surface area contributed by atoms with Gasteiger partial charge in [-0.2, -0.15) is 26.3 Å². The van der Waals surface area contributed by atoms with Crippen LogP contribution in [0.3, 0.4) is 0 Å². The molecule has 0 radical (unpaired) electrons. The highest BCUT2D eigenvalue weighted by atomic mass is 19.3. The predicted molar refractivity (Wildman–Crippen MR) is 261 cm³/mol. The summed E-state index contributed by atoms with van der Waals surface area (Å²) in [7, 11) is 13.8. The highest BCUT2D eigenvalue weighted by molar-refractivity contribution is 5.76. The van der Waals surface area contributed by atoms with Gasteiger partial charge in [-0.1, -0.05) is 12.1 Å². The smallest absolute Gasteiger partial charge is 0.375 e. The van der Waals surface area contributed by atoms with Crippen LogP contribution in [0.25, 0.3) is 0 Å². The second-order valence-corrected chi connectivity index (χ2v) is 18.2. The zero-order valence-electron chi connectivity index (χ0n) is 43.1. The fourth-order valence-corrected chi connectivity index (χ4v) is 9.73. The Morgan fingerprint density at radius 2 is 0.808 bits per heavy atom. The van der Waals surface area contributed by atoms with Gasteiger partial charge in [-0.25, -0.2) is 0 Å². The highest BCUT2D eigenvalue weighted by Gasteiger charge is 2.72. The van der Waals surface area contributed by atoms with Gasteiger partial charge in [0, 0.05) is 65.2 Å². The number of benzene rings is 4. The number of nitrogens with zero attached hydrogens (tertiary/aromatic N) is 4. The van der Waals surface area contributed by atoms with Crippen molar-refractivity contribution in [3.8, 4) is 46.0 Å². The first kappa shape index (κ1) is 56.0. The molecule has 0 saturated heterocycles. The lowest BCUT2D eigenvalue weighted by atomic mass is 9.88. The molecule has 4 aromatic carbocycles. The average molecular weight is 1030 g/mol. The van der Waals surface area contributed by atoms with Gasteiger partial charge < -0.3 is 47.7 Å². The van der Waals surface area contributed by atoms with Gasteiger partial charge in [-0.3, -0.25) is 19.4 Å². The van der Waals surface area contributed by atoms with E-state index >= 15 is 26.3 Å². The average Bonchev–Trinajstić information content (AvgIpc) is 3.38. The zero-order chi connectivity index (χ0) is 53.4. The third-order valence-corrected chi connectivity index (χ3v) is 13.8. The molecule has 0 N–H and O–H groups in total. The van der Waals surface area contributed by atoms with Crippen LogP contribution in [0, 0.1) is 0 Å². The molecule has 2 aliphatic heterocycles. The molecular weight excluding hydrogens is 967 g/mol. The first-order valence-electron chi connectivity index (χ1n) is 23.7. The maximum absolute atomic E-state index is 15.6. The van der Waals surface area contributed by atoms with Crippen molar-refractivity contribution in [3.05, 3.63) is 94.0 Å². The molecule has 0 spiro atoms. The molecule has 2 heterocycles. The van der Waals surface area contributed by atoms with Crippen molar-refractivity contribution < 1.29 is 73.8 Å². The van der Waals surface area contributed by atoms with Crippen LogP contribution in [0.5, 0.6) is 46.0 Å².